The zero-order chi connectivity index (χ0) is 20.9. The highest BCUT2D eigenvalue weighted by Crippen LogP contribution is 2.31. The smallest absolute Gasteiger partial charge is 0.335 e. The molecule has 0 aliphatic heterocycles. The van der Waals surface area contributed by atoms with Gasteiger partial charge in [-0.1, -0.05) is 13.8 Å². The minimum atomic E-state index is -1.75. The summed E-state index contributed by atoms with van der Waals surface area (Å²) >= 11 is 0. The molecule has 0 saturated heterocycles. The van der Waals surface area contributed by atoms with Crippen LogP contribution in [0.5, 0.6) is 5.75 Å². The SMILES string of the molecule is Cc1cc(=O)[nH]c(C(C)C)[nH+]1.O.O=C(O)c1cc([N+](=O)[O-])cc([N+](=O)[O-])c1[O-]. The zero-order valence-electron chi connectivity index (χ0n) is 15.0. The van der Waals surface area contributed by atoms with Crippen molar-refractivity contribution < 1.29 is 35.3 Å². The van der Waals surface area contributed by atoms with Crippen LogP contribution < -0.4 is 15.6 Å². The number of carbonyl (C=O) groups is 1. The highest BCUT2D eigenvalue weighted by atomic mass is 16.6. The van der Waals surface area contributed by atoms with Crippen LogP contribution in [0.4, 0.5) is 11.4 Å². The molecule has 0 spiro atoms. The maximum Gasteiger partial charge on any atom is 0.335 e. The number of nitrogens with one attached hydrogen (secondary N) is 2. The van der Waals surface area contributed by atoms with E-state index in [4.69, 9.17) is 5.11 Å². The van der Waals surface area contributed by atoms with Crippen LogP contribution in [0.1, 0.15) is 41.6 Å². The maximum absolute atomic E-state index is 11.2. The average Bonchev–Trinajstić information content (AvgIpc) is 2.53. The van der Waals surface area contributed by atoms with Crippen LogP contribution in [-0.4, -0.2) is 31.4 Å². The molecular weight excluding hydrogens is 380 g/mol. The monoisotopic (exact) mass is 398 g/mol. The van der Waals surface area contributed by atoms with E-state index in [1.165, 1.54) is 0 Å². The van der Waals surface area contributed by atoms with E-state index in [2.05, 4.69) is 9.97 Å². The molecule has 13 nitrogen and oxygen atoms in total. The van der Waals surface area contributed by atoms with Gasteiger partial charge in [0.15, 0.2) is 0 Å². The van der Waals surface area contributed by atoms with E-state index in [-0.39, 0.29) is 11.0 Å². The largest absolute Gasteiger partial charge is 0.867 e. The van der Waals surface area contributed by atoms with Gasteiger partial charge in [-0.05, 0) is 12.7 Å². The van der Waals surface area contributed by atoms with Crippen LogP contribution in [0, 0.1) is 27.2 Å². The molecule has 0 radical (unpaired) electrons. The van der Waals surface area contributed by atoms with E-state index in [0.29, 0.717) is 18.1 Å². The molecule has 0 aliphatic carbocycles. The molecule has 13 heteroatoms. The van der Waals surface area contributed by atoms with E-state index in [1.54, 1.807) is 6.07 Å². The topological polar surface area (TPSA) is 225 Å². The molecule has 152 valence electrons. The predicted octanol–water partition coefficient (Wildman–Crippen LogP) is 0.0709. The van der Waals surface area contributed by atoms with Gasteiger partial charge in [-0.25, -0.2) is 19.6 Å². The van der Waals surface area contributed by atoms with Crippen LogP contribution in [0.15, 0.2) is 23.0 Å². The number of aromatic nitrogens is 2. The lowest BCUT2D eigenvalue weighted by molar-refractivity contribution is -0.407. The number of rotatable bonds is 4. The van der Waals surface area contributed by atoms with Gasteiger partial charge in [-0.2, -0.15) is 0 Å². The summed E-state index contributed by atoms with van der Waals surface area (Å²) in [6.45, 7) is 5.93. The normalized spacial score (nSPS) is 9.71. The number of carboxylic acid groups (broad SMARTS) is 1. The number of aromatic amines is 2. The number of carboxylic acids is 1. The Balaban J connectivity index is 0.000000535. The lowest BCUT2D eigenvalue weighted by Crippen LogP contribution is -2.25. The van der Waals surface area contributed by atoms with Gasteiger partial charge in [0, 0.05) is 6.07 Å². The van der Waals surface area contributed by atoms with Crippen molar-refractivity contribution in [2.75, 3.05) is 0 Å². The first-order valence-corrected chi connectivity index (χ1v) is 7.44. The minimum absolute atomic E-state index is 0. The second kappa shape index (κ2) is 9.72. The van der Waals surface area contributed by atoms with Gasteiger partial charge in [0.25, 0.3) is 17.2 Å². The zero-order valence-corrected chi connectivity index (χ0v) is 15.0. The highest BCUT2D eigenvalue weighted by Gasteiger charge is 2.21. The van der Waals surface area contributed by atoms with Gasteiger partial charge in [0.1, 0.15) is 5.69 Å². The fourth-order valence-electron chi connectivity index (χ4n) is 1.93. The summed E-state index contributed by atoms with van der Waals surface area (Å²) in [5.41, 5.74) is -2.08. The number of aryl methyl sites for hydroxylation is 1. The van der Waals surface area contributed by atoms with Crippen LogP contribution in [0.25, 0.3) is 0 Å². The van der Waals surface area contributed by atoms with Gasteiger partial charge >= 0.3 is 11.5 Å². The Kier molecular flexibility index (Phi) is 8.38. The van der Waals surface area contributed by atoms with Gasteiger partial charge in [0.05, 0.1) is 33.5 Å². The first-order chi connectivity index (χ1) is 12.4. The Hall–Kier alpha value is -3.87. The first kappa shape index (κ1) is 24.1. The molecule has 0 bridgehead atoms. The lowest BCUT2D eigenvalue weighted by atomic mass is 10.1. The van der Waals surface area contributed by atoms with E-state index in [9.17, 15) is 34.9 Å². The van der Waals surface area contributed by atoms with Crippen molar-refractivity contribution in [1.82, 2.24) is 4.98 Å². The summed E-state index contributed by atoms with van der Waals surface area (Å²) in [6.07, 6.45) is 0. The van der Waals surface area contributed by atoms with Crippen molar-refractivity contribution >= 4 is 17.3 Å². The molecular formula is C15H18N4O9. The van der Waals surface area contributed by atoms with Crippen molar-refractivity contribution in [2.24, 2.45) is 0 Å². The van der Waals surface area contributed by atoms with E-state index in [0.717, 1.165) is 11.5 Å². The van der Waals surface area contributed by atoms with Crippen LogP contribution >= 0.6 is 0 Å². The molecule has 0 amide bonds. The van der Waals surface area contributed by atoms with Crippen molar-refractivity contribution in [3.8, 4) is 5.75 Å². The van der Waals surface area contributed by atoms with E-state index in [1.807, 2.05) is 20.8 Å². The van der Waals surface area contributed by atoms with Gasteiger partial charge in [-0.3, -0.25) is 20.2 Å². The Morgan fingerprint density at radius 3 is 2.14 bits per heavy atom. The number of nitro groups is 2. The number of nitrogens with zero attached hydrogens (tertiary/aromatic N) is 2. The quantitative estimate of drug-likeness (QED) is 0.527. The Morgan fingerprint density at radius 2 is 1.75 bits per heavy atom. The van der Waals surface area contributed by atoms with Gasteiger partial charge in [-0.15, -0.1) is 0 Å². The number of H-pyrrole nitrogens is 2. The van der Waals surface area contributed by atoms with Gasteiger partial charge < -0.3 is 15.7 Å². The predicted molar refractivity (Wildman–Crippen MR) is 92.2 cm³/mol. The lowest BCUT2D eigenvalue weighted by Gasteiger charge is -2.09. The van der Waals surface area contributed by atoms with Crippen molar-refractivity contribution in [3.05, 3.63) is 65.9 Å². The average molecular weight is 398 g/mol. The molecule has 1 aromatic carbocycles. The minimum Gasteiger partial charge on any atom is -0.867 e. The Labute approximate surface area is 156 Å². The molecule has 1 aromatic heterocycles. The molecule has 1 heterocycles. The third kappa shape index (κ3) is 6.14. The second-order valence-electron chi connectivity index (χ2n) is 5.67. The maximum atomic E-state index is 11.2. The summed E-state index contributed by atoms with van der Waals surface area (Å²) in [5.74, 6) is -1.89. The number of hydrogen-bond acceptors (Lipinski definition) is 7. The molecule has 28 heavy (non-hydrogen) atoms. The molecule has 0 saturated carbocycles. The molecule has 5 N–H and O–H groups in total. The van der Waals surface area contributed by atoms with Crippen molar-refractivity contribution in [2.45, 2.75) is 26.7 Å². The van der Waals surface area contributed by atoms with Gasteiger partial charge in [0.2, 0.25) is 0 Å². The molecule has 0 unspecified atom stereocenters. The fraction of sp³-hybridized carbons (Fsp3) is 0.267. The van der Waals surface area contributed by atoms with E-state index >= 15 is 0 Å². The van der Waals surface area contributed by atoms with Crippen LogP contribution in [-0.2, 0) is 0 Å². The molecule has 0 atom stereocenters. The Bertz CT molecular complexity index is 918. The van der Waals surface area contributed by atoms with Crippen LogP contribution in [0.2, 0.25) is 0 Å². The summed E-state index contributed by atoms with van der Waals surface area (Å²) < 4.78 is 0. The van der Waals surface area contributed by atoms with Crippen molar-refractivity contribution in [1.29, 1.82) is 0 Å². The summed E-state index contributed by atoms with van der Waals surface area (Å²) in [6, 6.07) is 2.46. The number of hydrogen-bond donors (Lipinski definition) is 2. The Morgan fingerprint density at radius 1 is 1.18 bits per heavy atom. The summed E-state index contributed by atoms with van der Waals surface area (Å²) in [5, 5.41) is 40.4. The third-order valence-electron chi connectivity index (χ3n) is 3.21. The standard InChI is InChI=1S/C8H12N2O.C7H4N2O7.H2O/c1-5(2)8-9-6(3)4-7(11)10-8;10-6-4(7(11)12)1-3(8(13)14)2-5(6)9(15)16;/h4-5H,1-3H3,(H,9,10,11);1-2,10H,(H,11,12);1H2. The number of aromatic carboxylic acids is 1. The highest BCUT2D eigenvalue weighted by molar-refractivity contribution is 5.93. The second-order valence-corrected chi connectivity index (χ2v) is 5.67. The first-order valence-electron chi connectivity index (χ1n) is 7.44. The molecule has 2 rings (SSSR count). The number of nitro benzene ring substituents is 2. The molecule has 2 aromatic rings. The molecule has 0 aliphatic rings. The summed E-state index contributed by atoms with van der Waals surface area (Å²) in [4.78, 5) is 45.8. The fourth-order valence-corrected chi connectivity index (χ4v) is 1.93. The van der Waals surface area contributed by atoms with Crippen LogP contribution in [0.3, 0.4) is 0 Å². The summed E-state index contributed by atoms with van der Waals surface area (Å²) in [7, 11) is 0. The molecule has 0 fully saturated rings. The number of non-ortho nitro benzene ring substituents is 1. The van der Waals surface area contributed by atoms with Crippen molar-refractivity contribution in [3.63, 3.8) is 0 Å². The van der Waals surface area contributed by atoms with E-state index < -0.39 is 38.5 Å². The third-order valence-corrected chi connectivity index (χ3v) is 3.21. The number of benzene rings is 1.